The molecule has 0 spiro atoms. The molecule has 2 N–H and O–H groups in total. The number of ether oxygens (including phenoxy) is 2. The second kappa shape index (κ2) is 7.05. The number of hydrogen-bond donors (Lipinski definition) is 1. The summed E-state index contributed by atoms with van der Waals surface area (Å²) in [6.45, 7) is 12.3. The molecule has 0 heterocycles. The largest absolute Gasteiger partial charge is 0.465 e. The zero-order valence-electron chi connectivity index (χ0n) is 12.9. The van der Waals surface area contributed by atoms with Gasteiger partial charge in [0.25, 0.3) is 0 Å². The van der Waals surface area contributed by atoms with E-state index in [9.17, 15) is 9.59 Å². The van der Waals surface area contributed by atoms with Crippen LogP contribution in [0.2, 0.25) is 25.7 Å². The molecule has 0 amide bonds. The SMILES string of the molecule is CC(C)(C)OC(=O)C[C@H](N)C(=O)OCC[Si](C)(C)C. The van der Waals surface area contributed by atoms with Crippen LogP contribution in [0.1, 0.15) is 27.2 Å². The third kappa shape index (κ3) is 10.7. The molecule has 0 aromatic heterocycles. The summed E-state index contributed by atoms with van der Waals surface area (Å²) < 4.78 is 10.2. The summed E-state index contributed by atoms with van der Waals surface area (Å²) in [6.07, 6.45) is -0.150. The Morgan fingerprint density at radius 2 is 1.74 bits per heavy atom. The highest BCUT2D eigenvalue weighted by Gasteiger charge is 2.24. The Labute approximate surface area is 116 Å². The third-order valence-corrected chi connectivity index (χ3v) is 3.91. The van der Waals surface area contributed by atoms with E-state index in [1.165, 1.54) is 0 Å². The van der Waals surface area contributed by atoms with Crippen molar-refractivity contribution < 1.29 is 19.1 Å². The maximum Gasteiger partial charge on any atom is 0.323 e. The Bertz CT molecular complexity index is 318. The van der Waals surface area contributed by atoms with Crippen LogP contribution in [-0.2, 0) is 19.1 Å². The zero-order chi connectivity index (χ0) is 15.3. The molecule has 6 heteroatoms. The van der Waals surface area contributed by atoms with E-state index in [4.69, 9.17) is 15.2 Å². The van der Waals surface area contributed by atoms with Crippen molar-refractivity contribution in [2.24, 2.45) is 5.73 Å². The Hall–Kier alpha value is -0.883. The van der Waals surface area contributed by atoms with Crippen LogP contribution < -0.4 is 5.73 Å². The Morgan fingerprint density at radius 1 is 1.21 bits per heavy atom. The molecule has 19 heavy (non-hydrogen) atoms. The topological polar surface area (TPSA) is 78.6 Å². The van der Waals surface area contributed by atoms with Gasteiger partial charge in [0.15, 0.2) is 0 Å². The number of hydrogen-bond acceptors (Lipinski definition) is 5. The number of carbonyl (C=O) groups excluding carboxylic acids is 2. The molecule has 0 saturated heterocycles. The summed E-state index contributed by atoms with van der Waals surface area (Å²) in [5, 5.41) is 0. The molecule has 0 saturated carbocycles. The van der Waals surface area contributed by atoms with Gasteiger partial charge in [-0.25, -0.2) is 0 Å². The minimum absolute atomic E-state index is 0.150. The summed E-state index contributed by atoms with van der Waals surface area (Å²) in [6, 6.07) is -0.0609. The fourth-order valence-corrected chi connectivity index (χ4v) is 1.93. The molecule has 0 aromatic rings. The highest BCUT2D eigenvalue weighted by Crippen LogP contribution is 2.10. The summed E-state index contributed by atoms with van der Waals surface area (Å²) in [7, 11) is -1.23. The number of rotatable bonds is 6. The summed E-state index contributed by atoms with van der Waals surface area (Å²) in [5.74, 6) is -1.02. The Kier molecular flexibility index (Phi) is 6.72. The average Bonchev–Trinajstić information content (AvgIpc) is 2.11. The average molecular weight is 289 g/mol. The highest BCUT2D eigenvalue weighted by atomic mass is 28.3. The summed E-state index contributed by atoms with van der Waals surface area (Å²) in [5.41, 5.74) is 5.05. The van der Waals surface area contributed by atoms with Gasteiger partial charge in [-0.05, 0) is 26.8 Å². The van der Waals surface area contributed by atoms with Crippen molar-refractivity contribution in [3.63, 3.8) is 0 Å². The number of esters is 2. The van der Waals surface area contributed by atoms with Crippen LogP contribution in [0.25, 0.3) is 0 Å². The van der Waals surface area contributed by atoms with Crippen LogP contribution in [0.4, 0.5) is 0 Å². The van der Waals surface area contributed by atoms with Gasteiger partial charge >= 0.3 is 11.9 Å². The first-order chi connectivity index (χ1) is 8.41. The Morgan fingerprint density at radius 3 is 2.16 bits per heavy atom. The monoisotopic (exact) mass is 289 g/mol. The predicted molar refractivity (Wildman–Crippen MR) is 77.5 cm³/mol. The van der Waals surface area contributed by atoms with Crippen LogP contribution in [0.3, 0.4) is 0 Å². The molecule has 0 aliphatic heterocycles. The lowest BCUT2D eigenvalue weighted by atomic mass is 10.2. The molecule has 0 rings (SSSR count). The van der Waals surface area contributed by atoms with E-state index >= 15 is 0 Å². The molecule has 0 unspecified atom stereocenters. The molecular weight excluding hydrogens is 262 g/mol. The Balaban J connectivity index is 4.04. The molecule has 0 aromatic carbocycles. The zero-order valence-corrected chi connectivity index (χ0v) is 13.9. The van der Waals surface area contributed by atoms with Gasteiger partial charge < -0.3 is 15.2 Å². The van der Waals surface area contributed by atoms with Crippen molar-refractivity contribution in [2.45, 2.75) is 64.5 Å². The van der Waals surface area contributed by atoms with Crippen LogP contribution in [0.15, 0.2) is 0 Å². The van der Waals surface area contributed by atoms with Crippen LogP contribution >= 0.6 is 0 Å². The predicted octanol–water partition coefficient (Wildman–Crippen LogP) is 1.93. The van der Waals surface area contributed by atoms with Crippen molar-refractivity contribution in [2.75, 3.05) is 6.61 Å². The standard InChI is InChI=1S/C13H27NO4Si/c1-13(2,3)18-11(15)9-10(14)12(16)17-7-8-19(4,5)6/h10H,7-9,14H2,1-6H3/t10-/m0/s1. The molecule has 0 aliphatic rings. The third-order valence-electron chi connectivity index (χ3n) is 2.21. The second-order valence-corrected chi connectivity index (χ2v) is 12.5. The van der Waals surface area contributed by atoms with E-state index in [2.05, 4.69) is 19.6 Å². The quantitative estimate of drug-likeness (QED) is 0.597. The lowest BCUT2D eigenvalue weighted by Gasteiger charge is -2.21. The lowest BCUT2D eigenvalue weighted by Crippen LogP contribution is -2.37. The van der Waals surface area contributed by atoms with Crippen LogP contribution in [0, 0.1) is 0 Å². The smallest absolute Gasteiger partial charge is 0.323 e. The van der Waals surface area contributed by atoms with E-state index in [1.54, 1.807) is 20.8 Å². The van der Waals surface area contributed by atoms with Crippen LogP contribution in [-0.4, -0.2) is 38.3 Å². The van der Waals surface area contributed by atoms with Gasteiger partial charge in [-0.15, -0.1) is 0 Å². The molecular formula is C13H27NO4Si. The molecule has 1 atom stereocenters. The van der Waals surface area contributed by atoms with Gasteiger partial charge in [-0.2, -0.15) is 0 Å². The fraction of sp³-hybridized carbons (Fsp3) is 0.846. The van der Waals surface area contributed by atoms with E-state index in [1.807, 2.05) is 0 Å². The molecule has 5 nitrogen and oxygen atoms in total. The van der Waals surface area contributed by atoms with E-state index < -0.39 is 31.7 Å². The molecule has 0 fully saturated rings. The lowest BCUT2D eigenvalue weighted by molar-refractivity contribution is -0.159. The molecule has 0 radical (unpaired) electrons. The van der Waals surface area contributed by atoms with Gasteiger partial charge in [-0.1, -0.05) is 19.6 Å². The van der Waals surface area contributed by atoms with Gasteiger partial charge in [0.2, 0.25) is 0 Å². The molecule has 112 valence electrons. The van der Waals surface area contributed by atoms with Gasteiger partial charge in [0.05, 0.1) is 13.0 Å². The first-order valence-corrected chi connectivity index (χ1v) is 10.3. The van der Waals surface area contributed by atoms with Crippen molar-refractivity contribution in [1.29, 1.82) is 0 Å². The van der Waals surface area contributed by atoms with E-state index in [-0.39, 0.29) is 6.42 Å². The van der Waals surface area contributed by atoms with Gasteiger partial charge in [-0.3, -0.25) is 9.59 Å². The van der Waals surface area contributed by atoms with E-state index in [0.29, 0.717) is 6.61 Å². The molecule has 0 aliphatic carbocycles. The maximum atomic E-state index is 11.6. The van der Waals surface area contributed by atoms with E-state index in [0.717, 1.165) is 6.04 Å². The van der Waals surface area contributed by atoms with Gasteiger partial charge in [0.1, 0.15) is 11.6 Å². The first kappa shape index (κ1) is 18.1. The minimum Gasteiger partial charge on any atom is -0.465 e. The second-order valence-electron chi connectivity index (χ2n) is 6.88. The summed E-state index contributed by atoms with van der Waals surface area (Å²) in [4.78, 5) is 23.1. The van der Waals surface area contributed by atoms with Gasteiger partial charge in [0, 0.05) is 8.07 Å². The highest BCUT2D eigenvalue weighted by molar-refractivity contribution is 6.76. The van der Waals surface area contributed by atoms with Crippen molar-refractivity contribution in [3.8, 4) is 0 Å². The normalized spacial score (nSPS) is 13.8. The maximum absolute atomic E-state index is 11.6. The van der Waals surface area contributed by atoms with Crippen molar-refractivity contribution in [3.05, 3.63) is 0 Å². The number of nitrogens with two attached hydrogens (primary N) is 1. The number of carbonyl (C=O) groups is 2. The van der Waals surface area contributed by atoms with Crippen LogP contribution in [0.5, 0.6) is 0 Å². The molecule has 0 bridgehead atoms. The summed E-state index contributed by atoms with van der Waals surface area (Å²) >= 11 is 0. The fourth-order valence-electron chi connectivity index (χ4n) is 1.21. The van der Waals surface area contributed by atoms with Crippen molar-refractivity contribution >= 4 is 20.0 Å². The minimum atomic E-state index is -1.23. The van der Waals surface area contributed by atoms with Crippen molar-refractivity contribution in [1.82, 2.24) is 0 Å². The first-order valence-electron chi connectivity index (χ1n) is 6.55.